The number of pyridine rings is 1. The lowest BCUT2D eigenvalue weighted by molar-refractivity contribution is 0.399. The molecule has 0 saturated heterocycles. The number of nitrogens with one attached hydrogen (secondary N) is 1. The van der Waals surface area contributed by atoms with Crippen molar-refractivity contribution in [3.05, 3.63) is 70.4 Å². The van der Waals surface area contributed by atoms with Crippen molar-refractivity contribution in [2.24, 2.45) is 0 Å². The second-order valence-corrected chi connectivity index (χ2v) is 8.50. The minimum atomic E-state index is 0.160. The lowest BCUT2D eigenvalue weighted by Gasteiger charge is -2.30. The van der Waals surface area contributed by atoms with Crippen LogP contribution in [0.3, 0.4) is 0 Å². The normalized spacial score (nSPS) is 15.2. The molecule has 0 fully saturated rings. The van der Waals surface area contributed by atoms with E-state index in [0.29, 0.717) is 0 Å². The van der Waals surface area contributed by atoms with Crippen LogP contribution in [0.1, 0.15) is 60.7 Å². The van der Waals surface area contributed by atoms with Crippen LogP contribution in [0, 0.1) is 6.92 Å². The average molecular weight is 431 g/mol. The molecule has 4 rings (SSSR count). The first-order valence-corrected chi connectivity index (χ1v) is 11.7. The lowest BCUT2D eigenvalue weighted by Crippen LogP contribution is -2.20. The van der Waals surface area contributed by atoms with Gasteiger partial charge in [0.2, 0.25) is 0 Å². The van der Waals surface area contributed by atoms with E-state index in [1.807, 2.05) is 6.07 Å². The SMILES string of the molecule is CCc1cccc(CC)c1-c1cc(OC)c2c(n1)CCCC2Nc1cc(OC)ccc1C. The van der Waals surface area contributed by atoms with Crippen LogP contribution in [-0.4, -0.2) is 19.2 Å². The van der Waals surface area contributed by atoms with Crippen LogP contribution in [0.15, 0.2) is 42.5 Å². The predicted octanol–water partition coefficient (Wildman–Crippen LogP) is 6.69. The summed E-state index contributed by atoms with van der Waals surface area (Å²) in [4.78, 5) is 5.21. The van der Waals surface area contributed by atoms with Gasteiger partial charge in [-0.3, -0.25) is 4.98 Å². The molecule has 2 aromatic carbocycles. The molecule has 0 radical (unpaired) electrons. The zero-order valence-corrected chi connectivity index (χ0v) is 19.9. The molecule has 0 aliphatic heterocycles. The van der Waals surface area contributed by atoms with Gasteiger partial charge >= 0.3 is 0 Å². The molecule has 1 aromatic heterocycles. The smallest absolute Gasteiger partial charge is 0.128 e. The lowest BCUT2D eigenvalue weighted by atomic mass is 9.88. The van der Waals surface area contributed by atoms with Gasteiger partial charge in [-0.25, -0.2) is 0 Å². The first-order valence-electron chi connectivity index (χ1n) is 11.7. The monoisotopic (exact) mass is 430 g/mol. The Kier molecular flexibility index (Phi) is 6.69. The highest BCUT2D eigenvalue weighted by Crippen LogP contribution is 2.41. The number of nitrogens with zero attached hydrogens (tertiary/aromatic N) is 1. The van der Waals surface area contributed by atoms with E-state index in [4.69, 9.17) is 14.5 Å². The molecule has 32 heavy (non-hydrogen) atoms. The maximum absolute atomic E-state index is 5.96. The Morgan fingerprint density at radius 2 is 1.75 bits per heavy atom. The molecular formula is C28H34N2O2. The van der Waals surface area contributed by atoms with Crippen molar-refractivity contribution in [2.75, 3.05) is 19.5 Å². The number of aryl methyl sites for hydroxylation is 4. The standard InChI is InChI=1S/C28H34N2O2/c1-6-19-10-8-11-20(7-2)27(19)25-17-26(32-5)28-22(12-9-13-23(28)30-25)29-24-16-21(31-4)15-14-18(24)3/h8,10-11,14-17,22,29H,6-7,9,12-13H2,1-5H3. The van der Waals surface area contributed by atoms with E-state index in [0.717, 1.165) is 60.7 Å². The summed E-state index contributed by atoms with van der Waals surface area (Å²) in [7, 11) is 3.48. The average Bonchev–Trinajstić information content (AvgIpc) is 2.84. The molecule has 1 unspecified atom stereocenters. The summed E-state index contributed by atoms with van der Waals surface area (Å²) < 4.78 is 11.4. The van der Waals surface area contributed by atoms with Crippen LogP contribution in [0.4, 0.5) is 5.69 Å². The molecule has 4 nitrogen and oxygen atoms in total. The fourth-order valence-corrected chi connectivity index (χ4v) is 4.85. The van der Waals surface area contributed by atoms with Gasteiger partial charge in [0.15, 0.2) is 0 Å². The summed E-state index contributed by atoms with van der Waals surface area (Å²) in [6, 6.07) is 15.1. The molecule has 3 aromatic rings. The summed E-state index contributed by atoms with van der Waals surface area (Å²) >= 11 is 0. The minimum absolute atomic E-state index is 0.160. The molecule has 0 spiro atoms. The van der Waals surface area contributed by atoms with Gasteiger partial charge in [-0.1, -0.05) is 38.1 Å². The van der Waals surface area contributed by atoms with Crippen LogP contribution in [0.5, 0.6) is 11.5 Å². The van der Waals surface area contributed by atoms with E-state index in [-0.39, 0.29) is 6.04 Å². The van der Waals surface area contributed by atoms with Crippen LogP contribution in [-0.2, 0) is 19.3 Å². The van der Waals surface area contributed by atoms with Crippen LogP contribution in [0.2, 0.25) is 0 Å². The van der Waals surface area contributed by atoms with Gasteiger partial charge in [-0.05, 0) is 61.8 Å². The summed E-state index contributed by atoms with van der Waals surface area (Å²) in [6.07, 6.45) is 5.10. The Balaban J connectivity index is 1.79. The van der Waals surface area contributed by atoms with Gasteiger partial charge in [0.1, 0.15) is 11.5 Å². The Morgan fingerprint density at radius 1 is 1.00 bits per heavy atom. The van der Waals surface area contributed by atoms with Crippen molar-refractivity contribution < 1.29 is 9.47 Å². The number of benzene rings is 2. The summed E-state index contributed by atoms with van der Waals surface area (Å²) in [6.45, 7) is 6.55. The number of methoxy groups -OCH3 is 2. The molecular weight excluding hydrogens is 396 g/mol. The topological polar surface area (TPSA) is 43.4 Å². The predicted molar refractivity (Wildman–Crippen MR) is 132 cm³/mol. The molecule has 1 aliphatic rings. The Morgan fingerprint density at radius 3 is 2.41 bits per heavy atom. The van der Waals surface area contributed by atoms with Crippen LogP contribution < -0.4 is 14.8 Å². The molecule has 1 N–H and O–H groups in total. The molecule has 1 atom stereocenters. The fraction of sp³-hybridized carbons (Fsp3) is 0.393. The van der Waals surface area contributed by atoms with Crippen LogP contribution >= 0.6 is 0 Å². The van der Waals surface area contributed by atoms with Crippen molar-refractivity contribution in [1.82, 2.24) is 4.98 Å². The first kappa shape index (κ1) is 22.2. The molecule has 0 amide bonds. The Labute approximate surface area is 192 Å². The van der Waals surface area contributed by atoms with Crippen LogP contribution in [0.25, 0.3) is 11.3 Å². The number of ether oxygens (including phenoxy) is 2. The molecule has 0 bridgehead atoms. The van der Waals surface area contributed by atoms with Gasteiger partial charge in [-0.15, -0.1) is 0 Å². The van der Waals surface area contributed by atoms with E-state index < -0.39 is 0 Å². The van der Waals surface area contributed by atoms with Crippen molar-refractivity contribution in [3.63, 3.8) is 0 Å². The summed E-state index contributed by atoms with van der Waals surface area (Å²) in [5.74, 6) is 1.79. The second kappa shape index (κ2) is 9.64. The van der Waals surface area contributed by atoms with Gasteiger partial charge in [-0.2, -0.15) is 0 Å². The number of hydrogen-bond donors (Lipinski definition) is 1. The number of hydrogen-bond acceptors (Lipinski definition) is 4. The number of rotatable bonds is 7. The van der Waals surface area contributed by atoms with Gasteiger partial charge in [0, 0.05) is 28.9 Å². The molecule has 168 valence electrons. The fourth-order valence-electron chi connectivity index (χ4n) is 4.85. The summed E-state index contributed by atoms with van der Waals surface area (Å²) in [5.41, 5.74) is 9.63. The zero-order valence-electron chi connectivity index (χ0n) is 19.9. The van der Waals surface area contributed by atoms with E-state index >= 15 is 0 Å². The highest BCUT2D eigenvalue weighted by molar-refractivity contribution is 5.71. The first-order chi connectivity index (χ1) is 15.6. The zero-order chi connectivity index (χ0) is 22.7. The van der Waals surface area contributed by atoms with Crippen molar-refractivity contribution in [3.8, 4) is 22.8 Å². The third kappa shape index (κ3) is 4.19. The maximum Gasteiger partial charge on any atom is 0.128 e. The van der Waals surface area contributed by atoms with E-state index in [9.17, 15) is 0 Å². The Hall–Kier alpha value is -3.01. The summed E-state index contributed by atoms with van der Waals surface area (Å²) in [5, 5.41) is 3.76. The van der Waals surface area contributed by atoms with Gasteiger partial charge in [0.05, 0.1) is 31.6 Å². The minimum Gasteiger partial charge on any atom is -0.497 e. The Bertz CT molecular complexity index is 1070. The molecule has 4 heteroatoms. The van der Waals surface area contributed by atoms with E-state index in [1.54, 1.807) is 14.2 Å². The van der Waals surface area contributed by atoms with Crippen molar-refractivity contribution in [1.29, 1.82) is 0 Å². The maximum atomic E-state index is 5.96. The van der Waals surface area contributed by atoms with E-state index in [1.165, 1.54) is 27.8 Å². The van der Waals surface area contributed by atoms with E-state index in [2.05, 4.69) is 62.5 Å². The van der Waals surface area contributed by atoms with Crippen molar-refractivity contribution in [2.45, 2.75) is 58.9 Å². The third-order valence-electron chi connectivity index (χ3n) is 6.60. The second-order valence-electron chi connectivity index (χ2n) is 8.50. The quantitative estimate of drug-likeness (QED) is 0.453. The number of aromatic nitrogens is 1. The highest BCUT2D eigenvalue weighted by atomic mass is 16.5. The number of anilines is 1. The van der Waals surface area contributed by atoms with Gasteiger partial charge < -0.3 is 14.8 Å². The number of fused-ring (bicyclic) bond motifs is 1. The van der Waals surface area contributed by atoms with Crippen molar-refractivity contribution >= 4 is 5.69 Å². The molecule has 1 aliphatic carbocycles. The third-order valence-corrected chi connectivity index (χ3v) is 6.60. The largest absolute Gasteiger partial charge is 0.497 e. The van der Waals surface area contributed by atoms with Gasteiger partial charge in [0.25, 0.3) is 0 Å². The highest BCUT2D eigenvalue weighted by Gasteiger charge is 2.27. The molecule has 1 heterocycles. The molecule has 0 saturated carbocycles.